The summed E-state index contributed by atoms with van der Waals surface area (Å²) < 4.78 is 20.7. The molecule has 27 heavy (non-hydrogen) atoms. The second-order valence-electron chi connectivity index (χ2n) is 6.02. The van der Waals surface area contributed by atoms with Gasteiger partial charge in [-0.1, -0.05) is 25.7 Å². The standard InChI is InChI=1S/C21H22FN3OS/c1-3-25(4-2)12-6-5-7-16-14-18-21(27-16)20(10-11-24-18)26-19-9-8-15(23)13-17(19)22/h8-11,13-14H,3-4,7,12,23H2,1-2H3. The van der Waals surface area contributed by atoms with E-state index in [2.05, 4.69) is 35.6 Å². The number of thiophene rings is 1. The van der Waals surface area contributed by atoms with Crippen molar-refractivity contribution in [3.8, 4) is 23.3 Å². The molecule has 0 fully saturated rings. The van der Waals surface area contributed by atoms with Crippen molar-refractivity contribution in [1.82, 2.24) is 9.88 Å². The average Bonchev–Trinajstić information content (AvgIpc) is 3.08. The lowest BCUT2D eigenvalue weighted by molar-refractivity contribution is 0.342. The summed E-state index contributed by atoms with van der Waals surface area (Å²) in [5.74, 6) is 6.68. The molecule has 0 saturated heterocycles. The first-order valence-corrected chi connectivity index (χ1v) is 9.70. The highest BCUT2D eigenvalue weighted by atomic mass is 32.1. The van der Waals surface area contributed by atoms with Gasteiger partial charge in [0.25, 0.3) is 0 Å². The minimum atomic E-state index is -0.487. The Morgan fingerprint density at radius 3 is 2.70 bits per heavy atom. The first kappa shape index (κ1) is 19.2. The maximum atomic E-state index is 14.0. The third-order valence-electron chi connectivity index (χ3n) is 4.19. The topological polar surface area (TPSA) is 51.4 Å². The van der Waals surface area contributed by atoms with Crippen LogP contribution >= 0.6 is 11.3 Å². The Bertz CT molecular complexity index is 986. The fourth-order valence-corrected chi connectivity index (χ4v) is 3.62. The van der Waals surface area contributed by atoms with Crippen molar-refractivity contribution in [3.63, 3.8) is 0 Å². The van der Waals surface area contributed by atoms with Crippen LogP contribution in [-0.4, -0.2) is 29.5 Å². The number of hydrogen-bond donors (Lipinski definition) is 1. The van der Waals surface area contributed by atoms with E-state index >= 15 is 0 Å². The summed E-state index contributed by atoms with van der Waals surface area (Å²) in [7, 11) is 0. The first-order valence-electron chi connectivity index (χ1n) is 8.89. The molecule has 0 aliphatic heterocycles. The fourth-order valence-electron chi connectivity index (χ4n) is 2.61. The molecule has 0 atom stereocenters. The highest BCUT2D eigenvalue weighted by Crippen LogP contribution is 2.36. The molecule has 3 aromatic rings. The molecule has 2 aromatic heterocycles. The average molecular weight is 383 g/mol. The first-order chi connectivity index (χ1) is 13.1. The van der Waals surface area contributed by atoms with E-state index < -0.39 is 5.82 Å². The van der Waals surface area contributed by atoms with Gasteiger partial charge in [0.2, 0.25) is 0 Å². The zero-order valence-electron chi connectivity index (χ0n) is 15.5. The molecule has 0 unspecified atom stereocenters. The van der Waals surface area contributed by atoms with E-state index in [9.17, 15) is 4.39 Å². The maximum absolute atomic E-state index is 14.0. The Balaban J connectivity index is 1.78. The minimum Gasteiger partial charge on any atom is -0.453 e. The van der Waals surface area contributed by atoms with Gasteiger partial charge in [-0.05, 0) is 31.3 Å². The lowest BCUT2D eigenvalue weighted by Gasteiger charge is -2.13. The molecule has 4 nitrogen and oxygen atoms in total. The lowest BCUT2D eigenvalue weighted by atomic mass is 10.3. The monoisotopic (exact) mass is 383 g/mol. The smallest absolute Gasteiger partial charge is 0.167 e. The number of aromatic nitrogens is 1. The van der Waals surface area contributed by atoms with E-state index in [-0.39, 0.29) is 5.75 Å². The van der Waals surface area contributed by atoms with Crippen LogP contribution in [0.2, 0.25) is 0 Å². The third kappa shape index (κ3) is 4.76. The van der Waals surface area contributed by atoms with E-state index in [1.807, 2.05) is 6.07 Å². The van der Waals surface area contributed by atoms with Crippen LogP contribution in [0.4, 0.5) is 10.1 Å². The molecular formula is C21H22FN3OS. The predicted molar refractivity (Wildman–Crippen MR) is 110 cm³/mol. The summed E-state index contributed by atoms with van der Waals surface area (Å²) in [5, 5.41) is 0. The number of benzene rings is 1. The quantitative estimate of drug-likeness (QED) is 0.495. The van der Waals surface area contributed by atoms with Crippen molar-refractivity contribution in [2.24, 2.45) is 0 Å². The molecule has 140 valence electrons. The zero-order valence-corrected chi connectivity index (χ0v) is 16.3. The molecule has 0 bridgehead atoms. The van der Waals surface area contributed by atoms with Gasteiger partial charge in [-0.15, -0.1) is 11.3 Å². The molecule has 0 spiro atoms. The Hall–Kier alpha value is -2.62. The van der Waals surface area contributed by atoms with Crippen LogP contribution in [0.25, 0.3) is 10.2 Å². The summed E-state index contributed by atoms with van der Waals surface area (Å²) >= 11 is 1.57. The molecule has 0 radical (unpaired) electrons. The Morgan fingerprint density at radius 1 is 1.15 bits per heavy atom. The zero-order chi connectivity index (χ0) is 19.2. The Labute approximate surface area is 162 Å². The molecule has 1 aromatic carbocycles. The summed E-state index contributed by atoms with van der Waals surface area (Å²) in [5.41, 5.74) is 6.78. The van der Waals surface area contributed by atoms with Crippen LogP contribution in [0.5, 0.6) is 11.5 Å². The summed E-state index contributed by atoms with van der Waals surface area (Å²) in [6, 6.07) is 8.15. The van der Waals surface area contributed by atoms with Crippen LogP contribution < -0.4 is 10.5 Å². The van der Waals surface area contributed by atoms with Crippen molar-refractivity contribution < 1.29 is 9.13 Å². The van der Waals surface area contributed by atoms with Gasteiger partial charge in [0.15, 0.2) is 11.6 Å². The third-order valence-corrected chi connectivity index (χ3v) is 5.33. The number of nitrogen functional groups attached to an aromatic ring is 1. The lowest BCUT2D eigenvalue weighted by Crippen LogP contribution is -2.22. The van der Waals surface area contributed by atoms with Gasteiger partial charge in [-0.25, -0.2) is 4.39 Å². The van der Waals surface area contributed by atoms with Crippen LogP contribution in [0, 0.1) is 17.7 Å². The number of ether oxygens (including phenoxy) is 1. The molecule has 6 heteroatoms. The molecule has 0 aliphatic rings. The number of anilines is 1. The number of fused-ring (bicyclic) bond motifs is 1. The number of nitrogens with two attached hydrogens (primary N) is 1. The van der Waals surface area contributed by atoms with Crippen molar-refractivity contribution >= 4 is 27.2 Å². The minimum absolute atomic E-state index is 0.144. The number of nitrogens with zero attached hydrogens (tertiary/aromatic N) is 2. The van der Waals surface area contributed by atoms with Crippen molar-refractivity contribution in [2.45, 2.75) is 20.3 Å². The van der Waals surface area contributed by atoms with Gasteiger partial charge in [-0.2, -0.15) is 0 Å². The SMILES string of the molecule is CCN(CC)CC#CCc1cc2nccc(Oc3ccc(N)cc3F)c2s1. The van der Waals surface area contributed by atoms with E-state index in [1.165, 1.54) is 12.1 Å². The van der Waals surface area contributed by atoms with Crippen LogP contribution in [-0.2, 0) is 6.42 Å². The van der Waals surface area contributed by atoms with Crippen molar-refractivity contribution in [2.75, 3.05) is 25.4 Å². The van der Waals surface area contributed by atoms with Gasteiger partial charge in [0.1, 0.15) is 5.75 Å². The van der Waals surface area contributed by atoms with Crippen LogP contribution in [0.1, 0.15) is 18.7 Å². The van der Waals surface area contributed by atoms with Gasteiger partial charge < -0.3 is 10.5 Å². The van der Waals surface area contributed by atoms with Gasteiger partial charge in [-0.3, -0.25) is 9.88 Å². The number of rotatable bonds is 6. The second-order valence-corrected chi connectivity index (χ2v) is 7.16. The molecular weight excluding hydrogens is 361 g/mol. The molecule has 3 rings (SSSR count). The maximum Gasteiger partial charge on any atom is 0.167 e. The van der Waals surface area contributed by atoms with Gasteiger partial charge in [0.05, 0.1) is 16.8 Å². The van der Waals surface area contributed by atoms with Crippen LogP contribution in [0.3, 0.4) is 0 Å². The molecule has 2 N–H and O–H groups in total. The largest absolute Gasteiger partial charge is 0.453 e. The Kier molecular flexibility index (Phi) is 6.28. The van der Waals surface area contributed by atoms with Crippen molar-refractivity contribution in [3.05, 3.63) is 47.2 Å². The number of halogens is 1. The molecule has 0 amide bonds. The molecule has 0 aliphatic carbocycles. The predicted octanol–water partition coefficient (Wildman–Crippen LogP) is 4.70. The normalized spacial score (nSPS) is 10.8. The van der Waals surface area contributed by atoms with E-state index in [4.69, 9.17) is 10.5 Å². The number of pyridine rings is 1. The highest BCUT2D eigenvalue weighted by Gasteiger charge is 2.11. The highest BCUT2D eigenvalue weighted by molar-refractivity contribution is 7.19. The van der Waals surface area contributed by atoms with E-state index in [0.29, 0.717) is 17.9 Å². The van der Waals surface area contributed by atoms with E-state index in [0.717, 1.165) is 34.7 Å². The van der Waals surface area contributed by atoms with Gasteiger partial charge in [0, 0.05) is 35.3 Å². The van der Waals surface area contributed by atoms with Crippen molar-refractivity contribution in [1.29, 1.82) is 0 Å². The Morgan fingerprint density at radius 2 is 1.96 bits per heavy atom. The molecule has 0 saturated carbocycles. The fraction of sp³-hybridized carbons (Fsp3) is 0.286. The summed E-state index contributed by atoms with van der Waals surface area (Å²) in [6.07, 6.45) is 2.33. The summed E-state index contributed by atoms with van der Waals surface area (Å²) in [6.45, 7) is 7.05. The van der Waals surface area contributed by atoms with Crippen LogP contribution in [0.15, 0.2) is 36.5 Å². The number of hydrogen-bond acceptors (Lipinski definition) is 5. The van der Waals surface area contributed by atoms with E-state index in [1.54, 1.807) is 29.7 Å². The summed E-state index contributed by atoms with van der Waals surface area (Å²) in [4.78, 5) is 7.76. The van der Waals surface area contributed by atoms with Gasteiger partial charge >= 0.3 is 0 Å². The second kappa shape index (κ2) is 8.85. The molecule has 2 heterocycles.